The molecule has 1 N–H and O–H groups in total. The molecule has 0 aromatic carbocycles. The van der Waals surface area contributed by atoms with Crippen molar-refractivity contribution >= 4 is 0 Å². The third-order valence-electron chi connectivity index (χ3n) is 3.99. The molecular formula is C16H23N5. The maximum Gasteiger partial charge on any atom is 0.157 e. The summed E-state index contributed by atoms with van der Waals surface area (Å²) in [6, 6.07) is 2.44. The molecule has 0 spiro atoms. The van der Waals surface area contributed by atoms with Crippen molar-refractivity contribution in [2.24, 2.45) is 0 Å². The number of nitrogens with zero attached hydrogens (tertiary/aromatic N) is 4. The molecule has 2 aromatic rings. The molecule has 0 bridgehead atoms. The van der Waals surface area contributed by atoms with E-state index >= 15 is 0 Å². The van der Waals surface area contributed by atoms with Gasteiger partial charge in [0.1, 0.15) is 5.82 Å². The molecule has 21 heavy (non-hydrogen) atoms. The lowest BCUT2D eigenvalue weighted by Gasteiger charge is -2.24. The molecule has 1 aliphatic carbocycles. The molecule has 3 rings (SSSR count). The average molecular weight is 285 g/mol. The molecule has 0 saturated carbocycles. The minimum Gasteiger partial charge on any atom is -0.310 e. The fourth-order valence-electron chi connectivity index (χ4n) is 3.09. The molecule has 0 aliphatic heterocycles. The number of rotatable bonds is 4. The van der Waals surface area contributed by atoms with E-state index in [0.29, 0.717) is 6.04 Å². The van der Waals surface area contributed by atoms with Crippen LogP contribution in [-0.4, -0.2) is 26.3 Å². The molecule has 5 heteroatoms. The highest BCUT2D eigenvalue weighted by molar-refractivity contribution is 5.33. The Morgan fingerprint density at radius 3 is 2.95 bits per heavy atom. The highest BCUT2D eigenvalue weighted by atomic mass is 15.3. The molecule has 1 aliphatic rings. The summed E-state index contributed by atoms with van der Waals surface area (Å²) in [6.07, 6.45) is 6.63. The molecule has 0 radical (unpaired) electrons. The van der Waals surface area contributed by atoms with E-state index in [0.717, 1.165) is 36.7 Å². The van der Waals surface area contributed by atoms with Crippen LogP contribution in [0, 0.1) is 13.8 Å². The van der Waals surface area contributed by atoms with Crippen molar-refractivity contribution in [2.45, 2.75) is 52.5 Å². The van der Waals surface area contributed by atoms with Crippen LogP contribution in [0.2, 0.25) is 0 Å². The first-order valence-electron chi connectivity index (χ1n) is 7.82. The Labute approximate surface area is 125 Å². The lowest BCUT2D eigenvalue weighted by molar-refractivity contribution is 0.456. The quantitative estimate of drug-likeness (QED) is 0.938. The number of aryl methyl sites for hydroxylation is 2. The average Bonchev–Trinajstić information content (AvgIpc) is 2.88. The van der Waals surface area contributed by atoms with Crippen molar-refractivity contribution in [3.8, 4) is 5.82 Å². The summed E-state index contributed by atoms with van der Waals surface area (Å²) in [7, 11) is 0. The first kappa shape index (κ1) is 14.2. The minimum atomic E-state index is 0.437. The lowest BCUT2D eigenvalue weighted by Crippen LogP contribution is -2.26. The van der Waals surface area contributed by atoms with Gasteiger partial charge in [-0.1, -0.05) is 6.92 Å². The van der Waals surface area contributed by atoms with Gasteiger partial charge < -0.3 is 5.32 Å². The molecule has 112 valence electrons. The van der Waals surface area contributed by atoms with Crippen molar-refractivity contribution in [2.75, 3.05) is 6.54 Å². The van der Waals surface area contributed by atoms with Crippen molar-refractivity contribution in [1.82, 2.24) is 25.1 Å². The van der Waals surface area contributed by atoms with Gasteiger partial charge in [0.25, 0.3) is 0 Å². The number of aromatic nitrogens is 4. The number of hydrogen-bond donors (Lipinski definition) is 1. The summed E-state index contributed by atoms with van der Waals surface area (Å²) in [5.74, 6) is 1.68. The van der Waals surface area contributed by atoms with E-state index in [1.54, 1.807) is 0 Å². The molecule has 0 fully saturated rings. The monoisotopic (exact) mass is 285 g/mol. The van der Waals surface area contributed by atoms with Gasteiger partial charge in [-0.25, -0.2) is 14.6 Å². The van der Waals surface area contributed by atoms with Gasteiger partial charge in [0.05, 0.1) is 11.9 Å². The maximum atomic E-state index is 4.59. The molecule has 0 saturated heterocycles. The van der Waals surface area contributed by atoms with E-state index in [1.165, 1.54) is 24.1 Å². The Balaban J connectivity index is 1.97. The van der Waals surface area contributed by atoms with E-state index in [-0.39, 0.29) is 0 Å². The Kier molecular flexibility index (Phi) is 4.01. The van der Waals surface area contributed by atoms with Crippen LogP contribution in [0.4, 0.5) is 0 Å². The Morgan fingerprint density at radius 2 is 2.19 bits per heavy atom. The first-order valence-corrected chi connectivity index (χ1v) is 7.82. The fourth-order valence-corrected chi connectivity index (χ4v) is 3.09. The van der Waals surface area contributed by atoms with Gasteiger partial charge in [-0.2, -0.15) is 5.10 Å². The van der Waals surface area contributed by atoms with Gasteiger partial charge in [0, 0.05) is 23.4 Å². The van der Waals surface area contributed by atoms with Gasteiger partial charge >= 0.3 is 0 Å². The lowest BCUT2D eigenvalue weighted by atomic mass is 9.93. The van der Waals surface area contributed by atoms with E-state index in [1.807, 2.05) is 30.8 Å². The summed E-state index contributed by atoms with van der Waals surface area (Å²) in [4.78, 5) is 8.89. The highest BCUT2D eigenvalue weighted by Crippen LogP contribution is 2.30. The molecule has 0 amide bonds. The first-order chi connectivity index (χ1) is 10.2. The molecule has 2 heterocycles. The summed E-state index contributed by atoms with van der Waals surface area (Å²) in [6.45, 7) is 7.19. The van der Waals surface area contributed by atoms with Crippen molar-refractivity contribution in [3.05, 3.63) is 35.0 Å². The van der Waals surface area contributed by atoms with Crippen LogP contribution in [0.5, 0.6) is 0 Å². The third kappa shape index (κ3) is 2.83. The standard InChI is InChI=1S/C16H23N5/c1-4-8-17-14-6-5-7-15-13(14)10-18-21(15)16-9-11(2)19-12(3)20-16/h9-10,14,17H,4-8H2,1-3H3. The summed E-state index contributed by atoms with van der Waals surface area (Å²) < 4.78 is 2.00. The van der Waals surface area contributed by atoms with Crippen LogP contribution in [-0.2, 0) is 6.42 Å². The van der Waals surface area contributed by atoms with Crippen molar-refractivity contribution < 1.29 is 0 Å². The van der Waals surface area contributed by atoms with E-state index in [2.05, 4.69) is 27.3 Å². The number of fused-ring (bicyclic) bond motifs is 1. The Hall–Kier alpha value is -1.75. The zero-order valence-electron chi connectivity index (χ0n) is 13.1. The van der Waals surface area contributed by atoms with Crippen LogP contribution >= 0.6 is 0 Å². The number of hydrogen-bond acceptors (Lipinski definition) is 4. The van der Waals surface area contributed by atoms with Gasteiger partial charge in [-0.15, -0.1) is 0 Å². The normalized spacial score (nSPS) is 17.8. The third-order valence-corrected chi connectivity index (χ3v) is 3.99. The summed E-state index contributed by atoms with van der Waals surface area (Å²) in [5.41, 5.74) is 3.62. The Bertz CT molecular complexity index is 611. The van der Waals surface area contributed by atoms with Gasteiger partial charge in [0.15, 0.2) is 5.82 Å². The van der Waals surface area contributed by atoms with E-state index in [9.17, 15) is 0 Å². The summed E-state index contributed by atoms with van der Waals surface area (Å²) >= 11 is 0. The van der Waals surface area contributed by atoms with Crippen molar-refractivity contribution in [1.29, 1.82) is 0 Å². The predicted molar refractivity (Wildman–Crippen MR) is 82.6 cm³/mol. The van der Waals surface area contributed by atoms with Crippen molar-refractivity contribution in [3.63, 3.8) is 0 Å². The topological polar surface area (TPSA) is 55.6 Å². The molecule has 1 atom stereocenters. The van der Waals surface area contributed by atoms with Gasteiger partial charge in [0.2, 0.25) is 0 Å². The largest absolute Gasteiger partial charge is 0.310 e. The van der Waals surface area contributed by atoms with Gasteiger partial charge in [-0.3, -0.25) is 0 Å². The zero-order chi connectivity index (χ0) is 14.8. The van der Waals surface area contributed by atoms with E-state index < -0.39 is 0 Å². The second-order valence-electron chi connectivity index (χ2n) is 5.77. The smallest absolute Gasteiger partial charge is 0.157 e. The SMILES string of the molecule is CCCNC1CCCc2c1cnn2-c1cc(C)nc(C)n1. The minimum absolute atomic E-state index is 0.437. The molecule has 2 aromatic heterocycles. The Morgan fingerprint density at radius 1 is 1.33 bits per heavy atom. The predicted octanol–water partition coefficient (Wildman–Crippen LogP) is 2.66. The maximum absolute atomic E-state index is 4.59. The van der Waals surface area contributed by atoms with E-state index in [4.69, 9.17) is 0 Å². The zero-order valence-corrected chi connectivity index (χ0v) is 13.1. The van der Waals surface area contributed by atoms with Crippen LogP contribution in [0.1, 0.15) is 55.0 Å². The van der Waals surface area contributed by atoms with Gasteiger partial charge in [-0.05, 0) is 46.1 Å². The number of nitrogens with one attached hydrogen (secondary N) is 1. The highest BCUT2D eigenvalue weighted by Gasteiger charge is 2.24. The second kappa shape index (κ2) is 5.93. The van der Waals surface area contributed by atoms with Crippen LogP contribution in [0.3, 0.4) is 0 Å². The molecular weight excluding hydrogens is 262 g/mol. The second-order valence-corrected chi connectivity index (χ2v) is 5.77. The molecule has 5 nitrogen and oxygen atoms in total. The van der Waals surface area contributed by atoms with Crippen LogP contribution in [0.15, 0.2) is 12.3 Å². The van der Waals surface area contributed by atoms with Crippen LogP contribution in [0.25, 0.3) is 5.82 Å². The van der Waals surface area contributed by atoms with Crippen LogP contribution < -0.4 is 5.32 Å². The summed E-state index contributed by atoms with van der Waals surface area (Å²) in [5, 5.41) is 8.22. The molecule has 1 unspecified atom stereocenters. The fraction of sp³-hybridized carbons (Fsp3) is 0.562.